The SMILES string of the molecule is CC(O)C1(c2ccc(Br)o2)CCCC1. The van der Waals surface area contributed by atoms with E-state index in [1.165, 1.54) is 12.8 Å². The number of hydrogen-bond acceptors (Lipinski definition) is 2. The molecule has 0 amide bonds. The lowest BCUT2D eigenvalue weighted by Gasteiger charge is -2.29. The Labute approximate surface area is 92.4 Å². The van der Waals surface area contributed by atoms with Gasteiger partial charge in [0.05, 0.1) is 11.5 Å². The van der Waals surface area contributed by atoms with Crippen LogP contribution in [0.3, 0.4) is 0 Å². The molecule has 1 aromatic rings. The Hall–Kier alpha value is -0.280. The van der Waals surface area contributed by atoms with Crippen LogP contribution in [0.4, 0.5) is 0 Å². The van der Waals surface area contributed by atoms with Crippen LogP contribution in [0.25, 0.3) is 0 Å². The quantitative estimate of drug-likeness (QED) is 0.884. The highest BCUT2D eigenvalue weighted by Gasteiger charge is 2.42. The van der Waals surface area contributed by atoms with Gasteiger partial charge in [-0.15, -0.1) is 0 Å². The van der Waals surface area contributed by atoms with Crippen LogP contribution >= 0.6 is 15.9 Å². The normalized spacial score (nSPS) is 22.5. The Morgan fingerprint density at radius 2 is 2.07 bits per heavy atom. The average molecular weight is 259 g/mol. The molecule has 1 aromatic heterocycles. The Morgan fingerprint density at radius 1 is 1.43 bits per heavy atom. The minimum atomic E-state index is -0.331. The van der Waals surface area contributed by atoms with Crippen molar-refractivity contribution in [1.29, 1.82) is 0 Å². The molecule has 1 unspecified atom stereocenters. The van der Waals surface area contributed by atoms with Crippen LogP contribution < -0.4 is 0 Å². The molecule has 1 N–H and O–H groups in total. The summed E-state index contributed by atoms with van der Waals surface area (Å²) in [6.07, 6.45) is 4.10. The van der Waals surface area contributed by atoms with Gasteiger partial charge in [0.2, 0.25) is 0 Å². The van der Waals surface area contributed by atoms with Gasteiger partial charge in [0.1, 0.15) is 5.76 Å². The lowest BCUT2D eigenvalue weighted by atomic mass is 9.79. The average Bonchev–Trinajstić information content (AvgIpc) is 2.71. The van der Waals surface area contributed by atoms with E-state index in [1.54, 1.807) is 0 Å². The molecule has 2 rings (SSSR count). The molecule has 0 radical (unpaired) electrons. The highest BCUT2D eigenvalue weighted by molar-refractivity contribution is 9.10. The molecule has 0 spiro atoms. The van der Waals surface area contributed by atoms with Crippen LogP contribution in [0, 0.1) is 0 Å². The first kappa shape index (κ1) is 10.2. The smallest absolute Gasteiger partial charge is 0.169 e. The van der Waals surface area contributed by atoms with Crippen LogP contribution in [0.2, 0.25) is 0 Å². The van der Waals surface area contributed by atoms with E-state index in [4.69, 9.17) is 4.42 Å². The Bertz CT molecular complexity index is 311. The first-order valence-electron chi connectivity index (χ1n) is 5.09. The van der Waals surface area contributed by atoms with Crippen LogP contribution in [-0.2, 0) is 5.41 Å². The van der Waals surface area contributed by atoms with Crippen LogP contribution in [-0.4, -0.2) is 11.2 Å². The van der Waals surface area contributed by atoms with Crippen molar-refractivity contribution >= 4 is 15.9 Å². The third-order valence-corrected chi connectivity index (χ3v) is 3.79. The first-order chi connectivity index (χ1) is 6.65. The summed E-state index contributed by atoms with van der Waals surface area (Å²) in [5.74, 6) is 0.928. The summed E-state index contributed by atoms with van der Waals surface area (Å²) in [4.78, 5) is 0. The molecule has 1 saturated carbocycles. The predicted molar refractivity (Wildman–Crippen MR) is 58.2 cm³/mol. The number of furan rings is 1. The summed E-state index contributed by atoms with van der Waals surface area (Å²) in [6, 6.07) is 3.87. The second-order valence-electron chi connectivity index (χ2n) is 4.14. The fraction of sp³-hybridized carbons (Fsp3) is 0.636. The maximum atomic E-state index is 9.89. The summed E-state index contributed by atoms with van der Waals surface area (Å²) in [5.41, 5.74) is -0.133. The Morgan fingerprint density at radius 3 is 2.50 bits per heavy atom. The highest BCUT2D eigenvalue weighted by atomic mass is 79.9. The van der Waals surface area contributed by atoms with Crippen molar-refractivity contribution in [3.8, 4) is 0 Å². The van der Waals surface area contributed by atoms with Crippen molar-refractivity contribution in [3.63, 3.8) is 0 Å². The van der Waals surface area contributed by atoms with Gasteiger partial charge >= 0.3 is 0 Å². The number of rotatable bonds is 2. The zero-order valence-corrected chi connectivity index (χ0v) is 9.88. The molecule has 0 saturated heterocycles. The Balaban J connectivity index is 2.36. The number of halogens is 1. The number of aliphatic hydroxyl groups is 1. The number of hydrogen-bond donors (Lipinski definition) is 1. The van der Waals surface area contributed by atoms with Gasteiger partial charge in [0.25, 0.3) is 0 Å². The zero-order valence-electron chi connectivity index (χ0n) is 8.29. The summed E-state index contributed by atoms with van der Waals surface area (Å²) in [5, 5.41) is 9.89. The van der Waals surface area contributed by atoms with E-state index in [0.29, 0.717) is 0 Å². The van der Waals surface area contributed by atoms with Gasteiger partial charge in [-0.1, -0.05) is 12.8 Å². The minimum absolute atomic E-state index is 0.133. The summed E-state index contributed by atoms with van der Waals surface area (Å²) >= 11 is 3.30. The molecular formula is C11H15BrO2. The van der Waals surface area contributed by atoms with Crippen LogP contribution in [0.1, 0.15) is 38.4 Å². The van der Waals surface area contributed by atoms with Gasteiger partial charge in [-0.05, 0) is 47.8 Å². The van der Waals surface area contributed by atoms with Gasteiger partial charge in [0.15, 0.2) is 4.67 Å². The van der Waals surface area contributed by atoms with Gasteiger partial charge in [0, 0.05) is 0 Å². The third-order valence-electron chi connectivity index (χ3n) is 3.36. The van der Waals surface area contributed by atoms with Crippen LogP contribution in [0.15, 0.2) is 21.2 Å². The topological polar surface area (TPSA) is 33.4 Å². The molecule has 0 aromatic carbocycles. The number of aliphatic hydroxyl groups excluding tert-OH is 1. The molecule has 78 valence electrons. The van der Waals surface area contributed by atoms with Crippen LogP contribution in [0.5, 0.6) is 0 Å². The van der Waals surface area contributed by atoms with E-state index >= 15 is 0 Å². The van der Waals surface area contributed by atoms with Gasteiger partial charge < -0.3 is 9.52 Å². The summed E-state index contributed by atoms with van der Waals surface area (Å²) < 4.78 is 6.34. The van der Waals surface area contributed by atoms with E-state index in [1.807, 2.05) is 19.1 Å². The van der Waals surface area contributed by atoms with Crippen molar-refractivity contribution < 1.29 is 9.52 Å². The first-order valence-corrected chi connectivity index (χ1v) is 5.88. The molecule has 0 aliphatic heterocycles. The second-order valence-corrected chi connectivity index (χ2v) is 4.92. The molecule has 1 heterocycles. The molecule has 1 aliphatic carbocycles. The third kappa shape index (κ3) is 1.52. The van der Waals surface area contributed by atoms with Crippen molar-refractivity contribution in [3.05, 3.63) is 22.6 Å². The molecule has 0 bridgehead atoms. The van der Waals surface area contributed by atoms with Crippen molar-refractivity contribution in [1.82, 2.24) is 0 Å². The van der Waals surface area contributed by atoms with E-state index in [-0.39, 0.29) is 11.5 Å². The molecule has 1 aliphatic rings. The van der Waals surface area contributed by atoms with Crippen molar-refractivity contribution in [2.75, 3.05) is 0 Å². The van der Waals surface area contributed by atoms with Gasteiger partial charge in [-0.25, -0.2) is 0 Å². The lowest BCUT2D eigenvalue weighted by molar-refractivity contribution is 0.0839. The van der Waals surface area contributed by atoms with Crippen molar-refractivity contribution in [2.24, 2.45) is 0 Å². The predicted octanol–water partition coefficient (Wildman–Crippen LogP) is 3.23. The molecule has 3 heteroatoms. The van der Waals surface area contributed by atoms with E-state index in [2.05, 4.69) is 15.9 Å². The lowest BCUT2D eigenvalue weighted by Crippen LogP contribution is -2.34. The molecule has 14 heavy (non-hydrogen) atoms. The van der Waals surface area contributed by atoms with Crippen molar-refractivity contribution in [2.45, 2.75) is 44.1 Å². The fourth-order valence-corrected chi connectivity index (χ4v) is 2.76. The molecule has 1 fully saturated rings. The standard InChI is InChI=1S/C11H15BrO2/c1-8(13)11(6-2-3-7-11)9-4-5-10(12)14-9/h4-5,8,13H,2-3,6-7H2,1H3. The summed E-state index contributed by atoms with van der Waals surface area (Å²) in [7, 11) is 0. The van der Waals surface area contributed by atoms with Gasteiger partial charge in [-0.2, -0.15) is 0 Å². The maximum absolute atomic E-state index is 9.89. The fourth-order valence-electron chi connectivity index (χ4n) is 2.46. The minimum Gasteiger partial charge on any atom is -0.454 e. The zero-order chi connectivity index (χ0) is 10.2. The Kier molecular flexibility index (Phi) is 2.71. The maximum Gasteiger partial charge on any atom is 0.169 e. The van der Waals surface area contributed by atoms with E-state index < -0.39 is 0 Å². The molecular weight excluding hydrogens is 244 g/mol. The monoisotopic (exact) mass is 258 g/mol. The summed E-state index contributed by atoms with van der Waals surface area (Å²) in [6.45, 7) is 1.86. The largest absolute Gasteiger partial charge is 0.454 e. The van der Waals surface area contributed by atoms with E-state index in [9.17, 15) is 5.11 Å². The molecule has 1 atom stereocenters. The highest BCUT2D eigenvalue weighted by Crippen LogP contribution is 2.44. The molecule has 2 nitrogen and oxygen atoms in total. The second kappa shape index (κ2) is 3.70. The van der Waals surface area contributed by atoms with Gasteiger partial charge in [-0.3, -0.25) is 0 Å². The van der Waals surface area contributed by atoms with E-state index in [0.717, 1.165) is 23.3 Å².